The number of hydrogen-bond donors (Lipinski definition) is 2. The van der Waals surface area contributed by atoms with Gasteiger partial charge in [-0.2, -0.15) is 0 Å². The summed E-state index contributed by atoms with van der Waals surface area (Å²) in [6.07, 6.45) is 3.54. The van der Waals surface area contributed by atoms with E-state index >= 15 is 0 Å². The number of ether oxygens (including phenoxy) is 2. The second-order valence-electron chi connectivity index (χ2n) is 15.2. The highest BCUT2D eigenvalue weighted by Gasteiger charge is 2.77. The van der Waals surface area contributed by atoms with Gasteiger partial charge in [-0.3, -0.25) is 19.2 Å². The number of allylic oxidation sites excluding steroid dienone is 1. The fourth-order valence-corrected chi connectivity index (χ4v) is 9.21. The van der Waals surface area contributed by atoms with E-state index in [0.29, 0.717) is 24.8 Å². The number of nitrogens with one attached hydrogen (secondary N) is 1. The molecule has 3 amide bonds. The van der Waals surface area contributed by atoms with Gasteiger partial charge >= 0.3 is 5.97 Å². The number of hydrogen-bond acceptors (Lipinski definition) is 7. The van der Waals surface area contributed by atoms with E-state index in [1.54, 1.807) is 24.0 Å². The molecular formula is C37H52BrN3O7. The molecule has 1 unspecified atom stereocenters. The van der Waals surface area contributed by atoms with Crippen molar-refractivity contribution in [1.82, 2.24) is 15.1 Å². The quantitative estimate of drug-likeness (QED) is 0.152. The van der Waals surface area contributed by atoms with Gasteiger partial charge in [0.15, 0.2) is 0 Å². The van der Waals surface area contributed by atoms with Crippen molar-refractivity contribution in [3.05, 3.63) is 61.2 Å². The van der Waals surface area contributed by atoms with Gasteiger partial charge in [-0.1, -0.05) is 79.2 Å². The Hall–Kier alpha value is -3.02. The van der Waals surface area contributed by atoms with E-state index < -0.39 is 59.1 Å². The lowest BCUT2D eigenvalue weighted by molar-refractivity contribution is -0.162. The Bertz CT molecular complexity index is 1380. The molecule has 48 heavy (non-hydrogen) atoms. The van der Waals surface area contributed by atoms with Gasteiger partial charge in [0.25, 0.3) is 0 Å². The lowest BCUT2D eigenvalue weighted by atomic mass is 9.70. The number of esters is 1. The number of fused-ring (bicyclic) bond motifs is 1. The summed E-state index contributed by atoms with van der Waals surface area (Å²) in [5.74, 6) is -3.57. The summed E-state index contributed by atoms with van der Waals surface area (Å²) in [4.78, 5) is 58.9. The number of carbonyl (C=O) groups excluding carboxylic acids is 4. The lowest BCUT2D eigenvalue weighted by Gasteiger charge is -2.45. The van der Waals surface area contributed by atoms with Crippen molar-refractivity contribution >= 4 is 39.6 Å². The molecule has 3 fully saturated rings. The van der Waals surface area contributed by atoms with E-state index in [9.17, 15) is 24.3 Å². The molecule has 2 N–H and O–H groups in total. The first-order valence-electron chi connectivity index (χ1n) is 16.8. The van der Waals surface area contributed by atoms with Crippen molar-refractivity contribution in [2.24, 2.45) is 17.3 Å². The summed E-state index contributed by atoms with van der Waals surface area (Å²) >= 11 is 3.72. The van der Waals surface area contributed by atoms with Crippen LogP contribution in [0.4, 0.5) is 0 Å². The predicted molar refractivity (Wildman–Crippen MR) is 187 cm³/mol. The van der Waals surface area contributed by atoms with E-state index in [2.05, 4.69) is 55.2 Å². The summed E-state index contributed by atoms with van der Waals surface area (Å²) in [5, 5.41) is 13.0. The van der Waals surface area contributed by atoms with E-state index in [1.165, 1.54) is 4.90 Å². The number of halogens is 1. The van der Waals surface area contributed by atoms with Gasteiger partial charge in [0.05, 0.1) is 30.6 Å². The normalized spacial score (nSPS) is 27.6. The van der Waals surface area contributed by atoms with Crippen LogP contribution in [0.5, 0.6) is 0 Å². The Morgan fingerprint density at radius 3 is 2.44 bits per heavy atom. The lowest BCUT2D eigenvalue weighted by Crippen LogP contribution is -2.61. The number of nitrogens with zero attached hydrogens (tertiary/aromatic N) is 2. The van der Waals surface area contributed by atoms with E-state index in [0.717, 1.165) is 0 Å². The van der Waals surface area contributed by atoms with Crippen LogP contribution in [0, 0.1) is 17.3 Å². The molecule has 1 aromatic carbocycles. The SMILES string of the molecule is C=CCCC(=O)N[C@H](C)[C@@H](OC(=O)[C@@H]1[C@H]2O[C@@]3(CC2Br)[C@H](C(=O)N(CC=C)C(C)(C)CC(C)(C)C)N(CCO)C(=O)[C@@H]13)c1ccccc1. The Labute approximate surface area is 293 Å². The topological polar surface area (TPSA) is 125 Å². The van der Waals surface area contributed by atoms with Crippen LogP contribution in [0.3, 0.4) is 0 Å². The van der Waals surface area contributed by atoms with Crippen LogP contribution in [0.25, 0.3) is 0 Å². The van der Waals surface area contributed by atoms with Crippen molar-refractivity contribution < 1.29 is 33.8 Å². The molecule has 264 valence electrons. The molecule has 3 heterocycles. The zero-order valence-electron chi connectivity index (χ0n) is 29.1. The van der Waals surface area contributed by atoms with Gasteiger partial charge in [-0.25, -0.2) is 0 Å². The maximum absolute atomic E-state index is 14.8. The van der Waals surface area contributed by atoms with Crippen molar-refractivity contribution in [3.8, 4) is 0 Å². The first kappa shape index (κ1) is 37.8. The average molecular weight is 731 g/mol. The molecule has 0 saturated carbocycles. The molecule has 4 rings (SSSR count). The fraction of sp³-hybridized carbons (Fsp3) is 0.622. The second-order valence-corrected chi connectivity index (χ2v) is 16.3. The van der Waals surface area contributed by atoms with Gasteiger partial charge in [-0.05, 0) is 51.0 Å². The number of aliphatic hydroxyl groups excluding tert-OH is 1. The van der Waals surface area contributed by atoms with Crippen molar-refractivity contribution in [2.45, 2.75) is 107 Å². The predicted octanol–water partition coefficient (Wildman–Crippen LogP) is 4.71. The zero-order valence-corrected chi connectivity index (χ0v) is 30.7. The summed E-state index contributed by atoms with van der Waals surface area (Å²) in [6.45, 7) is 19.5. The summed E-state index contributed by atoms with van der Waals surface area (Å²) in [6, 6.07) is 7.50. The first-order valence-corrected chi connectivity index (χ1v) is 17.8. The van der Waals surface area contributed by atoms with Gasteiger partial charge in [0, 0.05) is 29.9 Å². The van der Waals surface area contributed by atoms with Crippen LogP contribution >= 0.6 is 15.9 Å². The van der Waals surface area contributed by atoms with E-state index in [1.807, 2.05) is 44.2 Å². The highest BCUT2D eigenvalue weighted by molar-refractivity contribution is 9.09. The molecular weight excluding hydrogens is 678 g/mol. The monoisotopic (exact) mass is 729 g/mol. The van der Waals surface area contributed by atoms with E-state index in [4.69, 9.17) is 9.47 Å². The van der Waals surface area contributed by atoms with Gasteiger partial charge in [0.2, 0.25) is 17.7 Å². The van der Waals surface area contributed by atoms with Crippen molar-refractivity contribution in [3.63, 3.8) is 0 Å². The third-order valence-electron chi connectivity index (χ3n) is 9.70. The number of β-amino-alcohol motifs (C(OH)–C–C–N with tert-alkyl or cyclic N) is 1. The molecule has 8 atom stereocenters. The Morgan fingerprint density at radius 2 is 1.85 bits per heavy atom. The zero-order chi connectivity index (χ0) is 35.6. The summed E-state index contributed by atoms with van der Waals surface area (Å²) in [5.41, 5.74) is -1.33. The Morgan fingerprint density at radius 1 is 1.19 bits per heavy atom. The standard InChI is InChI=1S/C37H52BrN3O7/c1-9-11-17-26(43)39-23(3)29(24-15-13-12-14-16-24)47-34(46)27-28-32(44)40(19-20-42)31(37(28)21-25(38)30(27)48-37)33(45)41(18-10-2)36(7,8)22-35(4,5)6/h9-10,12-16,23,25,27-31,42H,1-2,11,17-22H2,3-8H3,(H,39,43)/t23-,25?,27+,28-,29-,30+,31+,37-/m1/s1. The average Bonchev–Trinajstić information content (AvgIpc) is 3.59. The maximum atomic E-state index is 14.8. The number of amides is 3. The maximum Gasteiger partial charge on any atom is 0.313 e. The highest BCUT2D eigenvalue weighted by Crippen LogP contribution is 2.60. The minimum Gasteiger partial charge on any atom is -0.455 e. The summed E-state index contributed by atoms with van der Waals surface area (Å²) in [7, 11) is 0. The van der Waals surface area contributed by atoms with Gasteiger partial charge in [0.1, 0.15) is 17.7 Å². The second kappa shape index (κ2) is 14.8. The Balaban J connectivity index is 1.71. The minimum absolute atomic E-state index is 0.0850. The third kappa shape index (κ3) is 7.43. The summed E-state index contributed by atoms with van der Waals surface area (Å²) < 4.78 is 12.9. The number of benzene rings is 1. The molecule has 2 bridgehead atoms. The molecule has 1 aromatic rings. The number of carbonyl (C=O) groups is 4. The van der Waals surface area contributed by atoms with Crippen LogP contribution < -0.4 is 5.32 Å². The van der Waals surface area contributed by atoms with Crippen LogP contribution in [-0.2, 0) is 28.7 Å². The molecule has 11 heteroatoms. The first-order chi connectivity index (χ1) is 22.5. The molecule has 3 saturated heterocycles. The van der Waals surface area contributed by atoms with Crippen molar-refractivity contribution in [1.29, 1.82) is 0 Å². The van der Waals surface area contributed by atoms with Gasteiger partial charge in [-0.15, -0.1) is 13.2 Å². The number of aliphatic hydroxyl groups is 1. The highest BCUT2D eigenvalue weighted by atomic mass is 79.9. The smallest absolute Gasteiger partial charge is 0.313 e. The molecule has 1 spiro atoms. The molecule has 0 aromatic heterocycles. The van der Waals surface area contributed by atoms with Gasteiger partial charge < -0.3 is 29.7 Å². The van der Waals surface area contributed by atoms with Crippen LogP contribution in [0.1, 0.15) is 78.9 Å². The molecule has 0 aliphatic carbocycles. The number of likely N-dealkylation sites (tertiary alicyclic amines) is 1. The Kier molecular flexibility index (Phi) is 11.7. The molecule has 3 aliphatic heterocycles. The fourth-order valence-electron chi connectivity index (χ4n) is 8.27. The number of rotatable bonds is 15. The molecule has 3 aliphatic rings. The molecule has 0 radical (unpaired) electrons. The van der Waals surface area contributed by atoms with Crippen LogP contribution in [0.2, 0.25) is 0 Å². The number of alkyl halides is 1. The van der Waals surface area contributed by atoms with Crippen LogP contribution in [-0.4, -0.2) is 92.4 Å². The van der Waals surface area contributed by atoms with Crippen LogP contribution in [0.15, 0.2) is 55.6 Å². The largest absolute Gasteiger partial charge is 0.455 e. The van der Waals surface area contributed by atoms with Crippen molar-refractivity contribution in [2.75, 3.05) is 19.7 Å². The third-order valence-corrected chi connectivity index (χ3v) is 10.5. The molecule has 10 nitrogen and oxygen atoms in total. The minimum atomic E-state index is -1.31. The van der Waals surface area contributed by atoms with E-state index in [-0.39, 0.29) is 48.2 Å².